The van der Waals surface area contributed by atoms with E-state index in [9.17, 15) is 9.59 Å². The number of amides is 1. The van der Waals surface area contributed by atoms with E-state index in [1.807, 2.05) is 13.8 Å². The lowest BCUT2D eigenvalue weighted by Crippen LogP contribution is -2.23. The molecule has 9 heteroatoms. The van der Waals surface area contributed by atoms with Crippen LogP contribution in [0.25, 0.3) is 10.6 Å². The minimum atomic E-state index is -0.317. The van der Waals surface area contributed by atoms with Crippen molar-refractivity contribution in [2.24, 2.45) is 7.05 Å². The number of rotatable bonds is 4. The Morgan fingerprint density at radius 3 is 2.61 bits per heavy atom. The van der Waals surface area contributed by atoms with E-state index in [-0.39, 0.29) is 11.5 Å². The predicted octanol–water partition coefficient (Wildman–Crippen LogP) is 3.74. The van der Waals surface area contributed by atoms with E-state index >= 15 is 0 Å². The van der Waals surface area contributed by atoms with Gasteiger partial charge in [0, 0.05) is 12.7 Å². The number of nitrogens with one attached hydrogen (secondary N) is 1. The Balaban J connectivity index is 1.96. The highest BCUT2D eigenvalue weighted by Crippen LogP contribution is 2.31. The van der Waals surface area contributed by atoms with Gasteiger partial charge in [0.15, 0.2) is 0 Å². The van der Waals surface area contributed by atoms with Crippen LogP contribution in [0.5, 0.6) is 5.75 Å². The summed E-state index contributed by atoms with van der Waals surface area (Å²) < 4.78 is 6.40. The van der Waals surface area contributed by atoms with Crippen LogP contribution in [0.4, 0.5) is 5.69 Å². The highest BCUT2D eigenvalue weighted by Gasteiger charge is 2.21. The maximum atomic E-state index is 12.7. The normalized spacial score (nSPS) is 10.8. The van der Waals surface area contributed by atoms with E-state index in [2.05, 4.69) is 15.4 Å². The lowest BCUT2D eigenvalue weighted by atomic mass is 10.1. The zero-order chi connectivity index (χ0) is 20.6. The lowest BCUT2D eigenvalue weighted by Gasteiger charge is -2.07. The van der Waals surface area contributed by atoms with Crippen LogP contribution in [0, 0.1) is 20.8 Å². The molecule has 0 atom stereocenters. The largest absolute Gasteiger partial charge is 0.495 e. The van der Waals surface area contributed by atoms with Crippen molar-refractivity contribution in [1.82, 2.24) is 14.8 Å². The first-order valence-electron chi connectivity index (χ1n) is 8.40. The molecule has 3 rings (SSSR count). The van der Waals surface area contributed by atoms with Crippen LogP contribution >= 0.6 is 22.9 Å². The number of aromatic nitrogens is 3. The molecule has 0 fully saturated rings. The van der Waals surface area contributed by atoms with Gasteiger partial charge in [-0.2, -0.15) is 5.10 Å². The Bertz CT molecular complexity index is 1140. The van der Waals surface area contributed by atoms with Crippen molar-refractivity contribution in [3.05, 3.63) is 55.4 Å². The van der Waals surface area contributed by atoms with Crippen LogP contribution in [0.1, 0.15) is 26.6 Å². The minimum absolute atomic E-state index is 0.245. The molecule has 3 aromatic rings. The van der Waals surface area contributed by atoms with Crippen LogP contribution in [0.3, 0.4) is 0 Å². The van der Waals surface area contributed by atoms with Gasteiger partial charge in [-0.05, 0) is 44.5 Å². The number of hydrogen-bond acceptors (Lipinski definition) is 6. The van der Waals surface area contributed by atoms with E-state index in [0.717, 1.165) is 11.3 Å². The van der Waals surface area contributed by atoms with E-state index in [4.69, 9.17) is 16.3 Å². The number of carbonyl (C=O) groups excluding carboxylic acids is 1. The number of benzene rings is 1. The van der Waals surface area contributed by atoms with E-state index < -0.39 is 0 Å². The van der Waals surface area contributed by atoms with Crippen molar-refractivity contribution >= 4 is 34.5 Å². The summed E-state index contributed by atoms with van der Waals surface area (Å²) >= 11 is 7.29. The molecule has 0 spiro atoms. The van der Waals surface area contributed by atoms with Crippen molar-refractivity contribution in [1.29, 1.82) is 0 Å². The maximum Gasteiger partial charge on any atom is 0.277 e. The first kappa shape index (κ1) is 20.0. The highest BCUT2D eigenvalue weighted by molar-refractivity contribution is 7.17. The summed E-state index contributed by atoms with van der Waals surface area (Å²) in [7, 11) is 3.12. The van der Waals surface area contributed by atoms with E-state index in [0.29, 0.717) is 37.6 Å². The topological polar surface area (TPSA) is 86.1 Å². The van der Waals surface area contributed by atoms with Gasteiger partial charge in [0.2, 0.25) is 0 Å². The summed E-state index contributed by atoms with van der Waals surface area (Å²) in [6, 6.07) is 4.99. The number of nitrogens with zero attached hydrogens (tertiary/aromatic N) is 3. The average molecular weight is 419 g/mol. The zero-order valence-electron chi connectivity index (χ0n) is 16.1. The molecule has 1 aromatic carbocycles. The van der Waals surface area contributed by atoms with Gasteiger partial charge in [0.05, 0.1) is 29.1 Å². The summed E-state index contributed by atoms with van der Waals surface area (Å²) in [5.41, 5.74) is 2.81. The number of aryl methyl sites for hydroxylation is 3. The smallest absolute Gasteiger partial charge is 0.277 e. The van der Waals surface area contributed by atoms with Gasteiger partial charge < -0.3 is 10.1 Å². The van der Waals surface area contributed by atoms with Crippen molar-refractivity contribution in [3.63, 3.8) is 0 Å². The van der Waals surface area contributed by atoms with E-state index in [1.165, 1.54) is 23.1 Å². The fourth-order valence-corrected chi connectivity index (χ4v) is 4.06. The molecule has 0 bridgehead atoms. The minimum Gasteiger partial charge on any atom is -0.495 e. The monoisotopic (exact) mass is 418 g/mol. The second kappa shape index (κ2) is 7.73. The number of carbonyl (C=O) groups is 1. The second-order valence-electron chi connectivity index (χ2n) is 6.25. The third-order valence-electron chi connectivity index (χ3n) is 4.35. The molecular weight excluding hydrogens is 400 g/mol. The Kier molecular flexibility index (Phi) is 5.53. The van der Waals surface area contributed by atoms with Gasteiger partial charge in [0.25, 0.3) is 11.5 Å². The number of methoxy groups -OCH3 is 1. The molecule has 146 valence electrons. The van der Waals surface area contributed by atoms with Crippen molar-refractivity contribution in [2.75, 3.05) is 12.4 Å². The Labute approximate surface area is 171 Å². The molecule has 2 heterocycles. The summed E-state index contributed by atoms with van der Waals surface area (Å²) in [6.45, 7) is 5.40. The van der Waals surface area contributed by atoms with Gasteiger partial charge in [-0.3, -0.25) is 9.59 Å². The summed E-state index contributed by atoms with van der Waals surface area (Å²) in [5, 5.41) is 7.88. The molecule has 28 heavy (non-hydrogen) atoms. The van der Waals surface area contributed by atoms with Crippen molar-refractivity contribution in [2.45, 2.75) is 20.8 Å². The van der Waals surface area contributed by atoms with Gasteiger partial charge in [-0.1, -0.05) is 11.6 Å². The fraction of sp³-hybridized carbons (Fsp3) is 0.263. The molecule has 0 radical (unpaired) electrons. The number of anilines is 1. The number of ether oxygens (including phenoxy) is 1. The number of halogens is 1. The van der Waals surface area contributed by atoms with Gasteiger partial charge in [0.1, 0.15) is 15.6 Å². The van der Waals surface area contributed by atoms with Gasteiger partial charge in [-0.15, -0.1) is 11.3 Å². The molecule has 0 unspecified atom stereocenters. The fourth-order valence-electron chi connectivity index (χ4n) is 2.75. The molecular formula is C19H19ClN4O3S. The molecule has 0 saturated heterocycles. The van der Waals surface area contributed by atoms with Crippen molar-refractivity contribution < 1.29 is 9.53 Å². The Morgan fingerprint density at radius 2 is 1.96 bits per heavy atom. The van der Waals surface area contributed by atoms with Crippen molar-refractivity contribution in [3.8, 4) is 16.3 Å². The second-order valence-corrected chi connectivity index (χ2v) is 7.66. The first-order chi connectivity index (χ1) is 13.2. The summed E-state index contributed by atoms with van der Waals surface area (Å²) in [4.78, 5) is 30.2. The molecule has 0 aliphatic heterocycles. The summed E-state index contributed by atoms with van der Waals surface area (Å²) in [6.07, 6.45) is 0. The molecule has 7 nitrogen and oxygen atoms in total. The Hall–Kier alpha value is -2.71. The van der Waals surface area contributed by atoms with Crippen LogP contribution in [-0.2, 0) is 7.05 Å². The number of hydrogen-bond donors (Lipinski definition) is 1. The third kappa shape index (κ3) is 3.65. The van der Waals surface area contributed by atoms with Crippen LogP contribution in [-0.4, -0.2) is 27.8 Å². The average Bonchev–Trinajstić information content (AvgIpc) is 3.02. The standard InChI is InChI=1S/C19H19ClN4O3S/c1-9-10(2)23-24(4)19(26)15(9)18-21-11(3)16(28-18)17(25)22-12-6-7-14(27-5)13(20)8-12/h6-8H,1-5H3,(H,22,25). The molecule has 2 aromatic heterocycles. The van der Waals surface area contributed by atoms with E-state index in [1.54, 1.807) is 32.2 Å². The molecule has 0 aliphatic carbocycles. The molecule has 0 saturated carbocycles. The zero-order valence-corrected chi connectivity index (χ0v) is 17.7. The quantitative estimate of drug-likeness (QED) is 0.697. The van der Waals surface area contributed by atoms with Gasteiger partial charge >= 0.3 is 0 Å². The maximum absolute atomic E-state index is 12.7. The predicted molar refractivity (Wildman–Crippen MR) is 111 cm³/mol. The van der Waals surface area contributed by atoms with Gasteiger partial charge in [-0.25, -0.2) is 9.67 Å². The van der Waals surface area contributed by atoms with Crippen LogP contribution in [0.2, 0.25) is 5.02 Å². The number of thiazole rings is 1. The van der Waals surface area contributed by atoms with Crippen LogP contribution in [0.15, 0.2) is 23.0 Å². The van der Waals surface area contributed by atoms with Crippen LogP contribution < -0.4 is 15.6 Å². The third-order valence-corrected chi connectivity index (χ3v) is 5.82. The molecule has 1 amide bonds. The molecule has 0 aliphatic rings. The Morgan fingerprint density at radius 1 is 1.25 bits per heavy atom. The first-order valence-corrected chi connectivity index (χ1v) is 9.59. The highest BCUT2D eigenvalue weighted by atomic mass is 35.5. The molecule has 1 N–H and O–H groups in total. The SMILES string of the molecule is COc1ccc(NC(=O)c2sc(-c3c(C)c(C)nn(C)c3=O)nc2C)cc1Cl. The lowest BCUT2D eigenvalue weighted by molar-refractivity contribution is 0.103. The summed E-state index contributed by atoms with van der Waals surface area (Å²) in [5.74, 6) is 0.207.